The van der Waals surface area contributed by atoms with E-state index in [2.05, 4.69) is 55.6 Å². The van der Waals surface area contributed by atoms with Crippen molar-refractivity contribution in [2.24, 2.45) is 5.84 Å². The number of hydrogen-bond acceptors (Lipinski definition) is 4. The maximum Gasteiger partial charge on any atom is 0.161 e. The summed E-state index contributed by atoms with van der Waals surface area (Å²) in [6, 6.07) is 8.64. The molecule has 2 rings (SSSR count). The minimum Gasteiger partial charge on any atom is -0.493 e. The molecule has 2 aromatic rings. The molecule has 0 amide bonds. The molecule has 0 aliphatic rings. The van der Waals surface area contributed by atoms with Crippen molar-refractivity contribution < 1.29 is 4.74 Å². The highest BCUT2D eigenvalue weighted by molar-refractivity contribution is 5.31. The third kappa shape index (κ3) is 3.43. The highest BCUT2D eigenvalue weighted by Gasteiger charge is 2.22. The van der Waals surface area contributed by atoms with Crippen molar-refractivity contribution in [2.75, 3.05) is 7.11 Å². The zero-order chi connectivity index (χ0) is 15.4. The van der Waals surface area contributed by atoms with E-state index in [-0.39, 0.29) is 12.1 Å². The largest absolute Gasteiger partial charge is 0.493 e. The molecule has 0 spiro atoms. The van der Waals surface area contributed by atoms with Gasteiger partial charge in [-0.15, -0.1) is 0 Å². The molecular weight excluding hydrogens is 264 g/mol. The lowest BCUT2D eigenvalue weighted by molar-refractivity contribution is 0.384. The average Bonchev–Trinajstić information content (AvgIpc) is 2.88. The van der Waals surface area contributed by atoms with Gasteiger partial charge in [0.15, 0.2) is 5.75 Å². The van der Waals surface area contributed by atoms with E-state index in [0.29, 0.717) is 0 Å². The number of aromatic nitrogens is 2. The Bertz CT molecular complexity index is 592. The van der Waals surface area contributed by atoms with Crippen LogP contribution >= 0.6 is 0 Å². The number of ether oxygens (including phenoxy) is 1. The van der Waals surface area contributed by atoms with Crippen molar-refractivity contribution in [3.8, 4) is 5.75 Å². The second-order valence-corrected chi connectivity index (χ2v) is 5.55. The van der Waals surface area contributed by atoms with Crippen LogP contribution in [0.15, 0.2) is 30.5 Å². The van der Waals surface area contributed by atoms with Crippen LogP contribution in [0.2, 0.25) is 0 Å². The molecule has 1 heterocycles. The SMILES string of the molecule is COc1cnn(C(C)C)c1C(Cc1cccc(C)c1)NN. The van der Waals surface area contributed by atoms with E-state index in [0.717, 1.165) is 17.9 Å². The number of nitrogens with zero attached hydrogens (tertiary/aromatic N) is 2. The van der Waals surface area contributed by atoms with Crippen molar-refractivity contribution in [2.45, 2.75) is 39.3 Å². The van der Waals surface area contributed by atoms with Crippen LogP contribution in [0, 0.1) is 6.92 Å². The maximum atomic E-state index is 5.80. The Morgan fingerprint density at radius 2 is 2.14 bits per heavy atom. The van der Waals surface area contributed by atoms with Gasteiger partial charge in [0.2, 0.25) is 0 Å². The Hall–Kier alpha value is -1.85. The third-order valence-electron chi connectivity index (χ3n) is 3.56. The van der Waals surface area contributed by atoms with Crippen molar-refractivity contribution in [3.05, 3.63) is 47.3 Å². The van der Waals surface area contributed by atoms with Crippen molar-refractivity contribution in [1.82, 2.24) is 15.2 Å². The summed E-state index contributed by atoms with van der Waals surface area (Å²) in [5.74, 6) is 6.56. The smallest absolute Gasteiger partial charge is 0.161 e. The molecule has 0 bridgehead atoms. The van der Waals surface area contributed by atoms with Crippen molar-refractivity contribution in [1.29, 1.82) is 0 Å². The summed E-state index contributed by atoms with van der Waals surface area (Å²) >= 11 is 0. The lowest BCUT2D eigenvalue weighted by Gasteiger charge is -2.21. The zero-order valence-electron chi connectivity index (χ0n) is 13.1. The molecule has 1 aromatic heterocycles. The van der Waals surface area contributed by atoms with Crippen LogP contribution in [0.25, 0.3) is 0 Å². The Kier molecular flexibility index (Phi) is 4.98. The summed E-state index contributed by atoms with van der Waals surface area (Å²) in [5, 5.41) is 4.41. The monoisotopic (exact) mass is 288 g/mol. The van der Waals surface area contributed by atoms with E-state index in [1.54, 1.807) is 13.3 Å². The Labute approximate surface area is 126 Å². The Balaban J connectivity index is 2.35. The van der Waals surface area contributed by atoms with Gasteiger partial charge in [-0.05, 0) is 32.8 Å². The molecule has 5 nitrogen and oxygen atoms in total. The average molecular weight is 288 g/mol. The number of benzene rings is 1. The summed E-state index contributed by atoms with van der Waals surface area (Å²) in [6.45, 7) is 6.28. The first-order chi connectivity index (χ1) is 10.1. The predicted octanol–water partition coefficient (Wildman–Crippen LogP) is 2.53. The summed E-state index contributed by atoms with van der Waals surface area (Å²) < 4.78 is 7.40. The van der Waals surface area contributed by atoms with Crippen LogP contribution in [0.4, 0.5) is 0 Å². The third-order valence-corrected chi connectivity index (χ3v) is 3.56. The molecule has 1 atom stereocenters. The molecule has 21 heavy (non-hydrogen) atoms. The minimum absolute atomic E-state index is 0.0494. The van der Waals surface area contributed by atoms with Gasteiger partial charge in [-0.25, -0.2) is 0 Å². The Morgan fingerprint density at radius 1 is 1.38 bits per heavy atom. The first-order valence-electron chi connectivity index (χ1n) is 7.19. The topological polar surface area (TPSA) is 65.1 Å². The van der Waals surface area contributed by atoms with Gasteiger partial charge in [0.25, 0.3) is 0 Å². The summed E-state index contributed by atoms with van der Waals surface area (Å²) in [6.07, 6.45) is 2.53. The van der Waals surface area contributed by atoms with E-state index >= 15 is 0 Å². The summed E-state index contributed by atoms with van der Waals surface area (Å²) in [5.41, 5.74) is 6.36. The molecule has 0 aliphatic carbocycles. The first kappa shape index (κ1) is 15.5. The van der Waals surface area contributed by atoms with E-state index in [4.69, 9.17) is 10.6 Å². The van der Waals surface area contributed by atoms with E-state index < -0.39 is 0 Å². The fourth-order valence-electron chi connectivity index (χ4n) is 2.57. The van der Waals surface area contributed by atoms with E-state index in [1.807, 2.05) is 4.68 Å². The van der Waals surface area contributed by atoms with Gasteiger partial charge in [-0.2, -0.15) is 5.10 Å². The molecule has 0 fully saturated rings. The number of methoxy groups -OCH3 is 1. The van der Waals surface area contributed by atoms with Crippen LogP contribution in [0.1, 0.15) is 42.8 Å². The maximum absolute atomic E-state index is 5.80. The highest BCUT2D eigenvalue weighted by atomic mass is 16.5. The lowest BCUT2D eigenvalue weighted by atomic mass is 10.0. The number of rotatable bonds is 6. The zero-order valence-corrected chi connectivity index (χ0v) is 13.1. The van der Waals surface area contributed by atoms with Gasteiger partial charge in [0.1, 0.15) is 0 Å². The predicted molar refractivity (Wildman–Crippen MR) is 84.1 cm³/mol. The molecule has 1 unspecified atom stereocenters. The molecule has 114 valence electrons. The van der Waals surface area contributed by atoms with Gasteiger partial charge in [-0.1, -0.05) is 29.8 Å². The van der Waals surface area contributed by atoms with Crippen LogP contribution in [0.5, 0.6) is 5.75 Å². The van der Waals surface area contributed by atoms with E-state index in [1.165, 1.54) is 11.1 Å². The lowest BCUT2D eigenvalue weighted by Crippen LogP contribution is -2.32. The molecule has 0 saturated heterocycles. The molecule has 5 heteroatoms. The summed E-state index contributed by atoms with van der Waals surface area (Å²) in [7, 11) is 1.66. The van der Waals surface area contributed by atoms with Crippen LogP contribution < -0.4 is 16.0 Å². The summed E-state index contributed by atoms with van der Waals surface area (Å²) in [4.78, 5) is 0. The normalized spacial score (nSPS) is 12.7. The van der Waals surface area contributed by atoms with Crippen LogP contribution in [-0.2, 0) is 6.42 Å². The van der Waals surface area contributed by atoms with Gasteiger partial charge in [0.05, 0.1) is 25.0 Å². The molecule has 0 radical (unpaired) electrons. The van der Waals surface area contributed by atoms with Gasteiger partial charge >= 0.3 is 0 Å². The fraction of sp³-hybridized carbons (Fsp3) is 0.438. The second kappa shape index (κ2) is 6.74. The Morgan fingerprint density at radius 3 is 2.71 bits per heavy atom. The fourth-order valence-corrected chi connectivity index (χ4v) is 2.57. The molecular formula is C16H24N4O. The van der Waals surface area contributed by atoms with Crippen molar-refractivity contribution in [3.63, 3.8) is 0 Å². The van der Waals surface area contributed by atoms with Crippen LogP contribution in [0.3, 0.4) is 0 Å². The van der Waals surface area contributed by atoms with Gasteiger partial charge in [-0.3, -0.25) is 16.0 Å². The minimum atomic E-state index is -0.0494. The number of hydrogen-bond donors (Lipinski definition) is 2. The second-order valence-electron chi connectivity index (χ2n) is 5.55. The standard InChI is InChI=1S/C16H24N4O/c1-11(2)20-16(15(21-4)10-18-20)14(19-17)9-13-7-5-6-12(3)8-13/h5-8,10-11,14,19H,9,17H2,1-4H3. The molecule has 1 aromatic carbocycles. The van der Waals surface area contributed by atoms with Gasteiger partial charge < -0.3 is 4.74 Å². The van der Waals surface area contributed by atoms with Crippen molar-refractivity contribution >= 4 is 0 Å². The quantitative estimate of drug-likeness (QED) is 0.633. The molecule has 0 aliphatic heterocycles. The first-order valence-corrected chi connectivity index (χ1v) is 7.19. The number of nitrogens with one attached hydrogen (secondary N) is 1. The number of hydrazine groups is 1. The van der Waals surface area contributed by atoms with Gasteiger partial charge in [0, 0.05) is 6.04 Å². The molecule has 0 saturated carbocycles. The highest BCUT2D eigenvalue weighted by Crippen LogP contribution is 2.29. The van der Waals surface area contributed by atoms with Crippen LogP contribution in [-0.4, -0.2) is 16.9 Å². The molecule has 3 N–H and O–H groups in total. The number of aryl methyl sites for hydroxylation is 1. The number of nitrogens with two attached hydrogens (primary N) is 1. The van der Waals surface area contributed by atoms with E-state index in [9.17, 15) is 0 Å².